The highest BCUT2D eigenvalue weighted by atomic mass is 16.6. The number of ether oxygens (including phenoxy) is 2. The van der Waals surface area contributed by atoms with Crippen molar-refractivity contribution in [1.29, 1.82) is 0 Å². The highest BCUT2D eigenvalue weighted by Gasteiger charge is 2.19. The number of hydrogen-bond acceptors (Lipinski definition) is 6. The average molecular weight is 288 g/mol. The summed E-state index contributed by atoms with van der Waals surface area (Å²) in [6, 6.07) is 6.00. The lowest BCUT2D eigenvalue weighted by Gasteiger charge is -2.11. The van der Waals surface area contributed by atoms with E-state index in [2.05, 4.69) is 4.98 Å². The fourth-order valence-corrected chi connectivity index (χ4v) is 1.73. The first-order valence-electron chi connectivity index (χ1n) is 5.99. The van der Waals surface area contributed by atoms with Crippen molar-refractivity contribution >= 4 is 12.0 Å². The third-order valence-electron chi connectivity index (χ3n) is 2.78. The molecule has 2 rings (SSSR count). The molecule has 0 unspecified atom stereocenters. The van der Waals surface area contributed by atoms with Crippen LogP contribution in [0.3, 0.4) is 0 Å². The Hall–Kier alpha value is -2.96. The molecule has 7 heteroatoms. The molecule has 0 saturated heterocycles. The Morgan fingerprint density at radius 3 is 2.57 bits per heavy atom. The molecular weight excluding hydrogens is 276 g/mol. The Bertz CT molecular complexity index is 658. The van der Waals surface area contributed by atoms with Crippen LogP contribution in [0.25, 0.3) is 0 Å². The van der Waals surface area contributed by atoms with Gasteiger partial charge in [-0.2, -0.15) is 0 Å². The van der Waals surface area contributed by atoms with Crippen molar-refractivity contribution in [3.05, 3.63) is 57.9 Å². The zero-order valence-electron chi connectivity index (χ0n) is 11.2. The molecule has 0 radical (unpaired) electrons. The number of aldehydes is 1. The van der Waals surface area contributed by atoms with Crippen LogP contribution in [0.4, 0.5) is 5.69 Å². The van der Waals surface area contributed by atoms with Crippen molar-refractivity contribution in [3.8, 4) is 11.5 Å². The summed E-state index contributed by atoms with van der Waals surface area (Å²) < 4.78 is 10.6. The highest BCUT2D eigenvalue weighted by Crippen LogP contribution is 2.34. The topological polar surface area (TPSA) is 91.6 Å². The van der Waals surface area contributed by atoms with Crippen LogP contribution < -0.4 is 9.47 Å². The Morgan fingerprint density at radius 1 is 1.29 bits per heavy atom. The monoisotopic (exact) mass is 288 g/mol. The Balaban J connectivity index is 2.31. The molecule has 0 N–H and O–H groups in total. The quantitative estimate of drug-likeness (QED) is 0.460. The van der Waals surface area contributed by atoms with E-state index in [-0.39, 0.29) is 29.4 Å². The van der Waals surface area contributed by atoms with E-state index in [4.69, 9.17) is 9.47 Å². The molecule has 0 spiro atoms. The second-order valence-corrected chi connectivity index (χ2v) is 4.08. The summed E-state index contributed by atoms with van der Waals surface area (Å²) in [4.78, 5) is 25.1. The zero-order chi connectivity index (χ0) is 15.2. The van der Waals surface area contributed by atoms with Crippen LogP contribution in [0.1, 0.15) is 15.9 Å². The number of hydrogen-bond donors (Lipinski definition) is 0. The van der Waals surface area contributed by atoms with Crippen LogP contribution in [-0.2, 0) is 6.61 Å². The summed E-state index contributed by atoms with van der Waals surface area (Å²) in [5.74, 6) is 0.461. The van der Waals surface area contributed by atoms with Gasteiger partial charge in [0.2, 0.25) is 0 Å². The lowest BCUT2D eigenvalue weighted by molar-refractivity contribution is -0.385. The van der Waals surface area contributed by atoms with Crippen LogP contribution in [0.5, 0.6) is 11.5 Å². The molecule has 0 aliphatic rings. The standard InChI is InChI=1S/C14H12N2O5/c1-20-13-6-11(8-17)12(16(18)19)7-14(13)21-9-10-2-4-15-5-3-10/h2-8H,9H2,1H3. The minimum Gasteiger partial charge on any atom is -0.493 e. The zero-order valence-corrected chi connectivity index (χ0v) is 11.2. The van der Waals surface area contributed by atoms with Gasteiger partial charge in [-0.1, -0.05) is 0 Å². The van der Waals surface area contributed by atoms with Crippen molar-refractivity contribution in [2.75, 3.05) is 7.11 Å². The number of nitro benzene ring substituents is 1. The summed E-state index contributed by atoms with van der Waals surface area (Å²) in [6.07, 6.45) is 3.65. The van der Waals surface area contributed by atoms with Crippen molar-refractivity contribution in [2.24, 2.45) is 0 Å². The molecule has 1 aromatic carbocycles. The predicted octanol–water partition coefficient (Wildman–Crippen LogP) is 2.39. The maximum absolute atomic E-state index is 10.9. The first kappa shape index (κ1) is 14.4. The fourth-order valence-electron chi connectivity index (χ4n) is 1.73. The van der Waals surface area contributed by atoms with Gasteiger partial charge < -0.3 is 9.47 Å². The van der Waals surface area contributed by atoms with E-state index in [1.807, 2.05) is 0 Å². The van der Waals surface area contributed by atoms with E-state index in [9.17, 15) is 14.9 Å². The first-order chi connectivity index (χ1) is 10.2. The predicted molar refractivity (Wildman–Crippen MR) is 73.6 cm³/mol. The molecule has 0 aliphatic heterocycles. The summed E-state index contributed by atoms with van der Waals surface area (Å²) in [5, 5.41) is 10.9. The van der Waals surface area contributed by atoms with Gasteiger partial charge in [0.1, 0.15) is 6.61 Å². The van der Waals surface area contributed by atoms with E-state index in [0.717, 1.165) is 5.56 Å². The van der Waals surface area contributed by atoms with Crippen LogP contribution in [0.15, 0.2) is 36.7 Å². The van der Waals surface area contributed by atoms with Gasteiger partial charge in [-0.05, 0) is 17.7 Å². The highest BCUT2D eigenvalue weighted by molar-refractivity contribution is 5.83. The van der Waals surface area contributed by atoms with Gasteiger partial charge >= 0.3 is 0 Å². The smallest absolute Gasteiger partial charge is 0.283 e. The van der Waals surface area contributed by atoms with Gasteiger partial charge in [0.25, 0.3) is 5.69 Å². The van der Waals surface area contributed by atoms with Gasteiger partial charge in [0.05, 0.1) is 23.7 Å². The largest absolute Gasteiger partial charge is 0.493 e. The lowest BCUT2D eigenvalue weighted by atomic mass is 10.1. The fraction of sp³-hybridized carbons (Fsp3) is 0.143. The molecular formula is C14H12N2O5. The lowest BCUT2D eigenvalue weighted by Crippen LogP contribution is -2.01. The van der Waals surface area contributed by atoms with E-state index in [1.165, 1.54) is 19.2 Å². The van der Waals surface area contributed by atoms with E-state index in [1.54, 1.807) is 24.5 Å². The van der Waals surface area contributed by atoms with Gasteiger partial charge in [0.15, 0.2) is 17.8 Å². The first-order valence-corrected chi connectivity index (χ1v) is 5.99. The summed E-state index contributed by atoms with van der Waals surface area (Å²) in [6.45, 7) is 0.205. The molecule has 0 amide bonds. The van der Waals surface area contributed by atoms with Gasteiger partial charge in [-0.3, -0.25) is 19.9 Å². The number of nitrogens with zero attached hydrogens (tertiary/aromatic N) is 2. The number of rotatable bonds is 6. The van der Waals surface area contributed by atoms with Crippen molar-refractivity contribution in [1.82, 2.24) is 4.98 Å². The summed E-state index contributed by atoms with van der Waals surface area (Å²) >= 11 is 0. The minimum absolute atomic E-state index is 0.0619. The Morgan fingerprint density at radius 2 is 2.00 bits per heavy atom. The number of aromatic nitrogens is 1. The number of carbonyl (C=O) groups is 1. The molecule has 0 aliphatic carbocycles. The normalized spacial score (nSPS) is 9.95. The molecule has 0 atom stereocenters. The Labute approximate surface area is 120 Å². The number of methoxy groups -OCH3 is 1. The van der Waals surface area contributed by atoms with Gasteiger partial charge in [-0.25, -0.2) is 0 Å². The molecule has 1 heterocycles. The van der Waals surface area contributed by atoms with Crippen LogP contribution in [0, 0.1) is 10.1 Å². The molecule has 108 valence electrons. The molecule has 2 aromatic rings. The second kappa shape index (κ2) is 6.47. The van der Waals surface area contributed by atoms with Crippen LogP contribution in [-0.4, -0.2) is 23.3 Å². The van der Waals surface area contributed by atoms with Gasteiger partial charge in [-0.15, -0.1) is 0 Å². The van der Waals surface area contributed by atoms with Gasteiger partial charge in [0, 0.05) is 18.5 Å². The molecule has 7 nitrogen and oxygen atoms in total. The number of pyridine rings is 1. The summed E-state index contributed by atoms with van der Waals surface area (Å²) in [5.41, 5.74) is 0.470. The van der Waals surface area contributed by atoms with Crippen molar-refractivity contribution in [3.63, 3.8) is 0 Å². The Kier molecular flexibility index (Phi) is 4.45. The number of carbonyl (C=O) groups excluding carboxylic acids is 1. The van der Waals surface area contributed by atoms with E-state index >= 15 is 0 Å². The summed E-state index contributed by atoms with van der Waals surface area (Å²) in [7, 11) is 1.40. The maximum atomic E-state index is 10.9. The van der Waals surface area contributed by atoms with Crippen LogP contribution >= 0.6 is 0 Å². The van der Waals surface area contributed by atoms with Crippen LogP contribution in [0.2, 0.25) is 0 Å². The number of benzene rings is 1. The van der Waals surface area contributed by atoms with E-state index < -0.39 is 4.92 Å². The average Bonchev–Trinajstić information content (AvgIpc) is 2.52. The molecule has 0 bridgehead atoms. The molecule has 0 saturated carbocycles. The van der Waals surface area contributed by atoms with Crippen molar-refractivity contribution < 1.29 is 19.2 Å². The van der Waals surface area contributed by atoms with Crippen molar-refractivity contribution in [2.45, 2.75) is 6.61 Å². The molecule has 21 heavy (non-hydrogen) atoms. The second-order valence-electron chi connectivity index (χ2n) is 4.08. The molecule has 0 fully saturated rings. The third kappa shape index (κ3) is 3.33. The maximum Gasteiger partial charge on any atom is 0.283 e. The third-order valence-corrected chi connectivity index (χ3v) is 2.78. The number of nitro groups is 1. The minimum atomic E-state index is -0.636. The molecule has 1 aromatic heterocycles. The SMILES string of the molecule is COc1cc(C=O)c([N+](=O)[O-])cc1OCc1ccncc1. The van der Waals surface area contributed by atoms with E-state index in [0.29, 0.717) is 6.29 Å².